The highest BCUT2D eigenvalue weighted by molar-refractivity contribution is 7.89. The van der Waals surface area contributed by atoms with Gasteiger partial charge in [-0.1, -0.05) is 48.5 Å². The molecule has 2 atom stereocenters. The lowest BCUT2D eigenvalue weighted by molar-refractivity contribution is -0.125. The average molecular weight is 391 g/mol. The number of sulfonamides is 1. The summed E-state index contributed by atoms with van der Waals surface area (Å²) in [4.78, 5) is 12.4. The van der Waals surface area contributed by atoms with Gasteiger partial charge in [0.1, 0.15) is 0 Å². The smallest absolute Gasteiger partial charge is 0.242 e. The standard InChI is InChI=1S/C20H26N2O4S/c1-21-20(24)17(13-16-9-5-3-6-10-16)14-18(23)15-22(2)27(25,26)19-11-7-4-8-12-19/h3-12,17-18,23H,13-15H2,1-2H3,(H,21,24)/t17-,18+/m1/s1. The molecule has 0 bridgehead atoms. The molecule has 27 heavy (non-hydrogen) atoms. The zero-order chi connectivity index (χ0) is 19.9. The molecule has 0 unspecified atom stereocenters. The van der Waals surface area contributed by atoms with Crippen LogP contribution in [0.25, 0.3) is 0 Å². The van der Waals surface area contributed by atoms with E-state index in [2.05, 4.69) is 5.32 Å². The van der Waals surface area contributed by atoms with Crippen LogP contribution in [0.5, 0.6) is 0 Å². The van der Waals surface area contributed by atoms with Gasteiger partial charge in [0.2, 0.25) is 15.9 Å². The van der Waals surface area contributed by atoms with Gasteiger partial charge in [-0.05, 0) is 30.5 Å². The van der Waals surface area contributed by atoms with Crippen LogP contribution in [-0.2, 0) is 21.2 Å². The third kappa shape index (κ3) is 5.89. The first kappa shape index (κ1) is 21.1. The third-order valence-electron chi connectivity index (χ3n) is 4.42. The van der Waals surface area contributed by atoms with Gasteiger partial charge in [-0.2, -0.15) is 4.31 Å². The highest BCUT2D eigenvalue weighted by atomic mass is 32.2. The molecule has 0 aliphatic rings. The largest absolute Gasteiger partial charge is 0.392 e. The van der Waals surface area contributed by atoms with Crippen molar-refractivity contribution in [2.24, 2.45) is 5.92 Å². The van der Waals surface area contributed by atoms with Crippen LogP contribution in [0.4, 0.5) is 0 Å². The summed E-state index contributed by atoms with van der Waals surface area (Å²) in [5, 5.41) is 13.1. The van der Waals surface area contributed by atoms with Gasteiger partial charge in [0.05, 0.1) is 11.0 Å². The highest BCUT2D eigenvalue weighted by Gasteiger charge is 2.26. The van der Waals surface area contributed by atoms with Gasteiger partial charge in [0.15, 0.2) is 0 Å². The summed E-state index contributed by atoms with van der Waals surface area (Å²) in [6.07, 6.45) is -0.310. The first-order valence-electron chi connectivity index (χ1n) is 8.79. The molecule has 2 aromatic rings. The van der Waals surface area contributed by atoms with Crippen molar-refractivity contribution in [2.75, 3.05) is 20.6 Å². The van der Waals surface area contributed by atoms with Crippen LogP contribution in [0, 0.1) is 5.92 Å². The Balaban J connectivity index is 2.04. The number of aliphatic hydroxyl groups excluding tert-OH is 1. The van der Waals surface area contributed by atoms with Gasteiger partial charge in [-0.15, -0.1) is 0 Å². The Kier molecular flexibility index (Phi) is 7.53. The van der Waals surface area contributed by atoms with Gasteiger partial charge in [-0.3, -0.25) is 4.79 Å². The van der Waals surface area contributed by atoms with Crippen molar-refractivity contribution in [1.82, 2.24) is 9.62 Å². The lowest BCUT2D eigenvalue weighted by atomic mass is 9.93. The second-order valence-electron chi connectivity index (χ2n) is 6.49. The van der Waals surface area contributed by atoms with Crippen LogP contribution in [0.2, 0.25) is 0 Å². The molecule has 2 aromatic carbocycles. The maximum atomic E-state index is 12.6. The van der Waals surface area contributed by atoms with E-state index in [1.165, 1.54) is 19.2 Å². The molecule has 0 aliphatic carbocycles. The van der Waals surface area contributed by atoms with Gasteiger partial charge in [0, 0.05) is 26.6 Å². The van der Waals surface area contributed by atoms with Crippen LogP contribution in [0.15, 0.2) is 65.6 Å². The fraction of sp³-hybridized carbons (Fsp3) is 0.350. The lowest BCUT2D eigenvalue weighted by Crippen LogP contribution is -2.38. The highest BCUT2D eigenvalue weighted by Crippen LogP contribution is 2.18. The van der Waals surface area contributed by atoms with Gasteiger partial charge in [-0.25, -0.2) is 8.42 Å². The van der Waals surface area contributed by atoms with Crippen molar-refractivity contribution in [1.29, 1.82) is 0 Å². The van der Waals surface area contributed by atoms with Crippen molar-refractivity contribution >= 4 is 15.9 Å². The Labute approximate surface area is 160 Å². The molecular formula is C20H26N2O4S. The maximum Gasteiger partial charge on any atom is 0.242 e. The van der Waals surface area contributed by atoms with Gasteiger partial charge >= 0.3 is 0 Å². The fourth-order valence-corrected chi connectivity index (χ4v) is 4.19. The molecule has 0 saturated carbocycles. The van der Waals surface area contributed by atoms with Crippen LogP contribution in [-0.4, -0.2) is 50.5 Å². The van der Waals surface area contributed by atoms with Crippen LogP contribution in [0.1, 0.15) is 12.0 Å². The number of likely N-dealkylation sites (N-methyl/N-ethyl adjacent to an activating group) is 1. The minimum Gasteiger partial charge on any atom is -0.392 e. The quantitative estimate of drug-likeness (QED) is 0.682. The van der Waals surface area contributed by atoms with Crippen LogP contribution < -0.4 is 5.32 Å². The number of carbonyl (C=O) groups excluding carboxylic acids is 1. The SMILES string of the molecule is CNC(=O)[C@H](Cc1ccccc1)C[C@H](O)CN(C)S(=O)(=O)c1ccccc1. The second kappa shape index (κ2) is 9.64. The molecule has 7 heteroatoms. The van der Waals surface area contributed by atoms with E-state index in [0.717, 1.165) is 9.87 Å². The lowest BCUT2D eigenvalue weighted by Gasteiger charge is -2.23. The van der Waals surface area contributed by atoms with E-state index in [0.29, 0.717) is 6.42 Å². The summed E-state index contributed by atoms with van der Waals surface area (Å²) >= 11 is 0. The van der Waals surface area contributed by atoms with E-state index in [-0.39, 0.29) is 23.8 Å². The second-order valence-corrected chi connectivity index (χ2v) is 8.53. The Morgan fingerprint density at radius 3 is 2.19 bits per heavy atom. The first-order chi connectivity index (χ1) is 12.8. The predicted molar refractivity (Wildman–Crippen MR) is 105 cm³/mol. The summed E-state index contributed by atoms with van der Waals surface area (Å²) in [7, 11) is -0.699. The Morgan fingerprint density at radius 2 is 1.63 bits per heavy atom. The molecular weight excluding hydrogens is 364 g/mol. The molecule has 0 aromatic heterocycles. The molecule has 0 aliphatic heterocycles. The Morgan fingerprint density at radius 1 is 1.07 bits per heavy atom. The number of benzene rings is 2. The van der Waals surface area contributed by atoms with Crippen LogP contribution >= 0.6 is 0 Å². The van der Waals surface area contributed by atoms with Crippen LogP contribution in [0.3, 0.4) is 0 Å². The number of carbonyl (C=O) groups is 1. The van der Waals surface area contributed by atoms with E-state index in [9.17, 15) is 18.3 Å². The number of hydrogen-bond acceptors (Lipinski definition) is 4. The molecule has 0 spiro atoms. The topological polar surface area (TPSA) is 86.7 Å². The monoisotopic (exact) mass is 390 g/mol. The van der Waals surface area contributed by atoms with E-state index >= 15 is 0 Å². The minimum atomic E-state index is -3.68. The van der Waals surface area contributed by atoms with Gasteiger partial charge in [0.25, 0.3) is 0 Å². The molecule has 2 rings (SSSR count). The maximum absolute atomic E-state index is 12.6. The predicted octanol–water partition coefficient (Wildman–Crippen LogP) is 1.66. The van der Waals surface area contributed by atoms with E-state index in [1.807, 2.05) is 30.3 Å². The number of aliphatic hydroxyl groups is 1. The van der Waals surface area contributed by atoms with E-state index in [1.54, 1.807) is 25.2 Å². The minimum absolute atomic E-state index is 0.0838. The summed E-state index contributed by atoms with van der Waals surface area (Å²) in [5.74, 6) is -0.619. The zero-order valence-electron chi connectivity index (χ0n) is 15.6. The summed E-state index contributed by atoms with van der Waals surface area (Å²) in [5.41, 5.74) is 0.989. The molecule has 1 amide bonds. The van der Waals surface area contributed by atoms with E-state index in [4.69, 9.17) is 0 Å². The van der Waals surface area contributed by atoms with Gasteiger partial charge < -0.3 is 10.4 Å². The molecule has 146 valence electrons. The third-order valence-corrected chi connectivity index (χ3v) is 6.26. The van der Waals surface area contributed by atoms with Crippen molar-refractivity contribution in [3.05, 3.63) is 66.2 Å². The number of hydrogen-bond donors (Lipinski definition) is 2. The molecule has 0 saturated heterocycles. The summed E-state index contributed by atoms with van der Waals surface area (Å²) in [6, 6.07) is 17.6. The van der Waals surface area contributed by atoms with Crippen molar-refractivity contribution in [2.45, 2.75) is 23.8 Å². The van der Waals surface area contributed by atoms with Crippen molar-refractivity contribution < 1.29 is 18.3 Å². The normalized spacial score (nSPS) is 13.9. The molecule has 6 nitrogen and oxygen atoms in total. The molecule has 2 N–H and O–H groups in total. The fourth-order valence-electron chi connectivity index (χ4n) is 2.96. The summed E-state index contributed by atoms with van der Waals surface area (Å²) in [6.45, 7) is -0.0838. The molecule has 0 radical (unpaired) electrons. The average Bonchev–Trinajstić information content (AvgIpc) is 2.68. The first-order valence-corrected chi connectivity index (χ1v) is 10.2. The molecule has 0 heterocycles. The Bertz CT molecular complexity index is 826. The summed E-state index contributed by atoms with van der Waals surface area (Å²) < 4.78 is 26.3. The Hall–Kier alpha value is -2.22. The van der Waals surface area contributed by atoms with Crippen molar-refractivity contribution in [3.8, 4) is 0 Å². The number of rotatable bonds is 9. The molecule has 0 fully saturated rings. The zero-order valence-corrected chi connectivity index (χ0v) is 16.4. The number of nitrogens with zero attached hydrogens (tertiary/aromatic N) is 1. The van der Waals surface area contributed by atoms with Crippen molar-refractivity contribution in [3.63, 3.8) is 0 Å². The number of amides is 1. The van der Waals surface area contributed by atoms with E-state index < -0.39 is 22.0 Å². The number of nitrogens with one attached hydrogen (secondary N) is 1.